The Morgan fingerprint density at radius 1 is 1.07 bits per heavy atom. The number of benzene rings is 1. The Balaban J connectivity index is 1.81. The lowest BCUT2D eigenvalue weighted by Gasteiger charge is -2.28. The largest absolute Gasteiger partial charge is 0.352 e. The van der Waals surface area contributed by atoms with Crippen LogP contribution >= 0.6 is 12.2 Å². The molecule has 1 aromatic carbocycles. The normalized spacial score (nSPS) is 18.9. The van der Waals surface area contributed by atoms with Crippen LogP contribution in [0, 0.1) is 13.8 Å². The molecule has 0 amide bonds. The van der Waals surface area contributed by atoms with Crippen LogP contribution in [0.4, 0.5) is 0 Å². The second kappa shape index (κ2) is 8.37. The van der Waals surface area contributed by atoms with Crippen molar-refractivity contribution in [3.8, 4) is 5.69 Å². The molecule has 1 saturated heterocycles. The maximum absolute atomic E-state index is 5.76. The lowest BCUT2D eigenvalue weighted by Crippen LogP contribution is -2.30. The number of pyridine rings is 1. The summed E-state index contributed by atoms with van der Waals surface area (Å²) in [5.74, 6) is 0. The lowest BCUT2D eigenvalue weighted by atomic mass is 9.96. The number of hydrogen-bond donors (Lipinski definition) is 1. The van der Waals surface area contributed by atoms with E-state index >= 15 is 0 Å². The lowest BCUT2D eigenvalue weighted by molar-refractivity contribution is 0.312. The van der Waals surface area contributed by atoms with E-state index < -0.39 is 0 Å². The quantitative estimate of drug-likeness (QED) is 0.568. The van der Waals surface area contributed by atoms with Crippen LogP contribution in [-0.2, 0) is 0 Å². The molecular weight excluding hydrogens is 376 g/mol. The van der Waals surface area contributed by atoms with Crippen LogP contribution in [-0.4, -0.2) is 26.1 Å². The highest BCUT2D eigenvalue weighted by Gasteiger charge is 2.41. The summed E-state index contributed by atoms with van der Waals surface area (Å²) in [5, 5.41) is 4.38. The molecule has 0 bridgehead atoms. The zero-order valence-electron chi connectivity index (χ0n) is 17.3. The molecule has 1 N–H and O–H groups in total. The molecule has 3 heterocycles. The molecule has 0 aliphatic carbocycles. The van der Waals surface area contributed by atoms with Crippen molar-refractivity contribution in [1.82, 2.24) is 19.8 Å². The molecule has 0 radical (unpaired) electrons. The maximum atomic E-state index is 5.76. The summed E-state index contributed by atoms with van der Waals surface area (Å²) in [6.07, 6.45) is 4.12. The standard InChI is InChI=1S/C24H28N4S/c1-4-5-15-27-23(22(26-24(27)29)21-13-9-10-14-25-21)20-16-17(2)28(18(20)3)19-11-7-6-8-12-19/h6-14,16,22-23H,4-5,15H2,1-3H3,(H,26,29)/t22-,23-/m1/s1. The molecule has 0 unspecified atom stereocenters. The van der Waals surface area contributed by atoms with Crippen LogP contribution in [0.3, 0.4) is 0 Å². The van der Waals surface area contributed by atoms with Gasteiger partial charge in [-0.3, -0.25) is 4.98 Å². The first-order valence-corrected chi connectivity index (χ1v) is 10.7. The van der Waals surface area contributed by atoms with Gasteiger partial charge in [0, 0.05) is 29.8 Å². The van der Waals surface area contributed by atoms with Crippen LogP contribution in [0.2, 0.25) is 0 Å². The number of aryl methyl sites for hydroxylation is 1. The number of hydrogen-bond acceptors (Lipinski definition) is 2. The van der Waals surface area contributed by atoms with Gasteiger partial charge in [0.15, 0.2) is 5.11 Å². The highest BCUT2D eigenvalue weighted by molar-refractivity contribution is 7.80. The molecule has 0 spiro atoms. The van der Waals surface area contributed by atoms with Gasteiger partial charge < -0.3 is 14.8 Å². The number of nitrogens with one attached hydrogen (secondary N) is 1. The first-order valence-electron chi connectivity index (χ1n) is 10.3. The van der Waals surface area contributed by atoms with Gasteiger partial charge in [-0.05, 0) is 68.4 Å². The van der Waals surface area contributed by atoms with Crippen molar-refractivity contribution < 1.29 is 0 Å². The summed E-state index contributed by atoms with van der Waals surface area (Å²) in [6, 6.07) is 19.1. The SMILES string of the molecule is CCCCN1C(=S)N[C@H](c2ccccn2)[C@H]1c1cc(C)n(-c2ccccc2)c1C. The minimum Gasteiger partial charge on any atom is -0.352 e. The van der Waals surface area contributed by atoms with Crippen molar-refractivity contribution in [3.05, 3.63) is 83.4 Å². The number of nitrogens with zero attached hydrogens (tertiary/aromatic N) is 3. The third-order valence-electron chi connectivity index (χ3n) is 5.75. The Hall–Kier alpha value is -2.66. The number of rotatable bonds is 6. The monoisotopic (exact) mass is 404 g/mol. The van der Waals surface area contributed by atoms with E-state index in [1.165, 1.54) is 22.6 Å². The second-order valence-corrected chi connectivity index (χ2v) is 8.06. The van der Waals surface area contributed by atoms with Crippen molar-refractivity contribution >= 4 is 17.3 Å². The summed E-state index contributed by atoms with van der Waals surface area (Å²) in [6.45, 7) is 7.56. The van der Waals surface area contributed by atoms with Gasteiger partial charge in [-0.1, -0.05) is 37.6 Å². The minimum atomic E-state index is 0.0466. The number of aromatic nitrogens is 2. The predicted octanol–water partition coefficient (Wildman–Crippen LogP) is 5.26. The van der Waals surface area contributed by atoms with Crippen molar-refractivity contribution in [2.75, 3.05) is 6.54 Å². The smallest absolute Gasteiger partial charge is 0.170 e. The van der Waals surface area contributed by atoms with Gasteiger partial charge in [-0.2, -0.15) is 0 Å². The average molecular weight is 405 g/mol. The van der Waals surface area contributed by atoms with Gasteiger partial charge in [-0.15, -0.1) is 0 Å². The van der Waals surface area contributed by atoms with E-state index in [9.17, 15) is 0 Å². The van der Waals surface area contributed by atoms with Gasteiger partial charge >= 0.3 is 0 Å². The van der Waals surface area contributed by atoms with Crippen LogP contribution < -0.4 is 5.32 Å². The molecule has 1 aliphatic rings. The van der Waals surface area contributed by atoms with E-state index in [1.54, 1.807) is 0 Å². The highest BCUT2D eigenvalue weighted by Crippen LogP contribution is 2.41. The second-order valence-electron chi connectivity index (χ2n) is 7.67. The Labute approximate surface area is 178 Å². The molecule has 1 aliphatic heterocycles. The summed E-state index contributed by atoms with van der Waals surface area (Å²) in [7, 11) is 0. The fraction of sp³-hybridized carbons (Fsp3) is 0.333. The first-order chi connectivity index (χ1) is 14.1. The Morgan fingerprint density at radius 3 is 2.52 bits per heavy atom. The molecule has 4 rings (SSSR count). The number of unbranched alkanes of at least 4 members (excludes halogenated alkanes) is 1. The van der Waals surface area contributed by atoms with E-state index in [4.69, 9.17) is 12.2 Å². The van der Waals surface area contributed by atoms with Gasteiger partial charge in [0.1, 0.15) is 0 Å². The van der Waals surface area contributed by atoms with E-state index in [0.29, 0.717) is 0 Å². The van der Waals surface area contributed by atoms with E-state index in [2.05, 4.69) is 83.0 Å². The molecule has 150 valence electrons. The average Bonchev–Trinajstić information content (AvgIpc) is 3.23. The third kappa shape index (κ3) is 3.67. The molecule has 3 aromatic rings. The summed E-state index contributed by atoms with van der Waals surface area (Å²) in [5.41, 5.74) is 6.02. The zero-order valence-corrected chi connectivity index (χ0v) is 18.1. The fourth-order valence-corrected chi connectivity index (χ4v) is 4.71. The maximum Gasteiger partial charge on any atom is 0.170 e. The van der Waals surface area contributed by atoms with Gasteiger partial charge in [0.05, 0.1) is 17.8 Å². The summed E-state index contributed by atoms with van der Waals surface area (Å²) in [4.78, 5) is 7.00. The molecule has 2 atom stereocenters. The van der Waals surface area contributed by atoms with Crippen molar-refractivity contribution in [2.24, 2.45) is 0 Å². The Morgan fingerprint density at radius 2 is 1.83 bits per heavy atom. The van der Waals surface area contributed by atoms with Crippen LogP contribution in [0.25, 0.3) is 5.69 Å². The van der Waals surface area contributed by atoms with Gasteiger partial charge in [0.2, 0.25) is 0 Å². The number of para-hydroxylation sites is 1. The van der Waals surface area contributed by atoms with Crippen molar-refractivity contribution in [2.45, 2.75) is 45.7 Å². The van der Waals surface area contributed by atoms with Crippen molar-refractivity contribution in [1.29, 1.82) is 0 Å². The van der Waals surface area contributed by atoms with E-state index in [0.717, 1.165) is 30.2 Å². The third-order valence-corrected chi connectivity index (χ3v) is 6.11. The summed E-state index contributed by atoms with van der Waals surface area (Å²) >= 11 is 5.76. The molecular formula is C24H28N4S. The Bertz CT molecular complexity index is 981. The van der Waals surface area contributed by atoms with Crippen LogP contribution in [0.1, 0.15) is 54.5 Å². The van der Waals surface area contributed by atoms with E-state index in [1.807, 2.05) is 18.3 Å². The summed E-state index contributed by atoms with van der Waals surface area (Å²) < 4.78 is 2.34. The molecule has 1 fully saturated rings. The predicted molar refractivity (Wildman–Crippen MR) is 122 cm³/mol. The molecule has 2 aromatic heterocycles. The number of thiocarbonyl (C=S) groups is 1. The highest BCUT2D eigenvalue weighted by atomic mass is 32.1. The molecule has 29 heavy (non-hydrogen) atoms. The molecule has 5 heteroatoms. The van der Waals surface area contributed by atoms with E-state index in [-0.39, 0.29) is 12.1 Å². The topological polar surface area (TPSA) is 33.1 Å². The van der Waals surface area contributed by atoms with Gasteiger partial charge in [0.25, 0.3) is 0 Å². The minimum absolute atomic E-state index is 0.0466. The molecule has 0 saturated carbocycles. The zero-order chi connectivity index (χ0) is 20.4. The van der Waals surface area contributed by atoms with Gasteiger partial charge in [-0.25, -0.2) is 0 Å². The van der Waals surface area contributed by atoms with Crippen molar-refractivity contribution in [3.63, 3.8) is 0 Å². The fourth-order valence-electron chi connectivity index (χ4n) is 4.37. The van der Waals surface area contributed by atoms with Crippen LogP contribution in [0.15, 0.2) is 60.8 Å². The van der Waals surface area contributed by atoms with Crippen LogP contribution in [0.5, 0.6) is 0 Å². The Kier molecular flexibility index (Phi) is 5.67. The molecule has 4 nitrogen and oxygen atoms in total. The first kappa shape index (κ1) is 19.6.